The molecule has 1 atom stereocenters. The highest BCUT2D eigenvalue weighted by molar-refractivity contribution is 7.13. The molecule has 0 aliphatic carbocycles. The van der Waals surface area contributed by atoms with Crippen LogP contribution in [-0.2, 0) is 20.7 Å². The van der Waals surface area contributed by atoms with Crippen LogP contribution in [0, 0.1) is 0 Å². The van der Waals surface area contributed by atoms with Crippen LogP contribution >= 0.6 is 11.3 Å². The highest BCUT2D eigenvalue weighted by Gasteiger charge is 2.20. The molecule has 3 rings (SSSR count). The summed E-state index contributed by atoms with van der Waals surface area (Å²) in [5.74, 6) is 0.0899. The minimum absolute atomic E-state index is 0.0890. The summed E-state index contributed by atoms with van der Waals surface area (Å²) in [6, 6.07) is 16.3. The first-order valence-electron chi connectivity index (χ1n) is 9.44. The first-order valence-corrected chi connectivity index (χ1v) is 10.3. The molecule has 3 amide bonds. The number of esters is 1. The third-order valence-electron chi connectivity index (χ3n) is 4.08. The second kappa shape index (κ2) is 10.4. The SMILES string of the molecule is CNC(=O)NC(=O)C(C)OC(=O)Cc1csc(-c2cccc(Oc3ccccc3)c2)n1. The van der Waals surface area contributed by atoms with Gasteiger partial charge in [-0.2, -0.15) is 0 Å². The minimum atomic E-state index is -1.10. The Hall–Kier alpha value is -3.72. The normalized spacial score (nSPS) is 11.3. The van der Waals surface area contributed by atoms with Crippen LogP contribution in [0.4, 0.5) is 4.79 Å². The summed E-state index contributed by atoms with van der Waals surface area (Å²) in [7, 11) is 1.38. The largest absolute Gasteiger partial charge is 0.457 e. The lowest BCUT2D eigenvalue weighted by Gasteiger charge is -2.12. The van der Waals surface area contributed by atoms with Crippen molar-refractivity contribution < 1.29 is 23.9 Å². The molecular formula is C22H21N3O5S. The van der Waals surface area contributed by atoms with Crippen LogP contribution in [0.25, 0.3) is 10.6 Å². The molecular weight excluding hydrogens is 418 g/mol. The predicted molar refractivity (Wildman–Crippen MR) is 116 cm³/mol. The number of nitrogens with one attached hydrogen (secondary N) is 2. The molecule has 160 valence electrons. The molecule has 0 saturated carbocycles. The van der Waals surface area contributed by atoms with Gasteiger partial charge in [-0.3, -0.25) is 14.9 Å². The van der Waals surface area contributed by atoms with Crippen molar-refractivity contribution in [1.82, 2.24) is 15.6 Å². The van der Waals surface area contributed by atoms with Crippen LogP contribution in [0.2, 0.25) is 0 Å². The van der Waals surface area contributed by atoms with E-state index in [2.05, 4.69) is 15.6 Å². The lowest BCUT2D eigenvalue weighted by Crippen LogP contribution is -2.43. The number of rotatable bonds is 7. The van der Waals surface area contributed by atoms with E-state index in [0.717, 1.165) is 16.3 Å². The second-order valence-electron chi connectivity index (χ2n) is 6.46. The highest BCUT2D eigenvalue weighted by atomic mass is 32.1. The third kappa shape index (κ3) is 6.38. The summed E-state index contributed by atoms with van der Waals surface area (Å²) in [5, 5.41) is 6.79. The fourth-order valence-electron chi connectivity index (χ4n) is 2.55. The van der Waals surface area contributed by atoms with Crippen molar-refractivity contribution in [2.75, 3.05) is 7.05 Å². The topological polar surface area (TPSA) is 107 Å². The van der Waals surface area contributed by atoms with Gasteiger partial charge in [0.2, 0.25) is 0 Å². The van der Waals surface area contributed by atoms with Gasteiger partial charge in [0.05, 0.1) is 12.1 Å². The quantitative estimate of drug-likeness (QED) is 0.546. The van der Waals surface area contributed by atoms with E-state index < -0.39 is 24.0 Å². The van der Waals surface area contributed by atoms with Crippen LogP contribution in [0.5, 0.6) is 11.5 Å². The molecule has 2 aromatic carbocycles. The van der Waals surface area contributed by atoms with Gasteiger partial charge in [-0.25, -0.2) is 9.78 Å². The Bertz CT molecular complexity index is 1070. The average molecular weight is 439 g/mol. The number of benzene rings is 2. The minimum Gasteiger partial charge on any atom is -0.457 e. The number of para-hydroxylation sites is 1. The van der Waals surface area contributed by atoms with Gasteiger partial charge in [0, 0.05) is 18.0 Å². The Morgan fingerprint density at radius 3 is 2.55 bits per heavy atom. The molecule has 0 aliphatic heterocycles. The molecule has 0 fully saturated rings. The summed E-state index contributed by atoms with van der Waals surface area (Å²) in [6.45, 7) is 1.39. The second-order valence-corrected chi connectivity index (χ2v) is 7.32. The fourth-order valence-corrected chi connectivity index (χ4v) is 3.37. The van der Waals surface area contributed by atoms with E-state index in [-0.39, 0.29) is 6.42 Å². The maximum Gasteiger partial charge on any atom is 0.321 e. The summed E-state index contributed by atoms with van der Waals surface area (Å²) >= 11 is 1.39. The van der Waals surface area contributed by atoms with E-state index in [1.807, 2.05) is 54.6 Å². The van der Waals surface area contributed by atoms with Crippen LogP contribution in [-0.4, -0.2) is 36.0 Å². The number of carbonyl (C=O) groups is 3. The number of amides is 3. The van der Waals surface area contributed by atoms with Gasteiger partial charge in [-0.1, -0.05) is 30.3 Å². The molecule has 9 heteroatoms. The van der Waals surface area contributed by atoms with Crippen molar-refractivity contribution in [3.63, 3.8) is 0 Å². The zero-order valence-electron chi connectivity index (χ0n) is 17.0. The Balaban J connectivity index is 1.60. The number of hydrogen-bond acceptors (Lipinski definition) is 7. The van der Waals surface area contributed by atoms with Crippen molar-refractivity contribution in [2.24, 2.45) is 0 Å². The molecule has 0 radical (unpaired) electrons. The number of ether oxygens (including phenoxy) is 2. The first-order chi connectivity index (χ1) is 14.9. The lowest BCUT2D eigenvalue weighted by atomic mass is 10.2. The van der Waals surface area contributed by atoms with Crippen LogP contribution in [0.15, 0.2) is 60.0 Å². The van der Waals surface area contributed by atoms with E-state index in [4.69, 9.17) is 9.47 Å². The summed E-state index contributed by atoms with van der Waals surface area (Å²) in [6.07, 6.45) is -1.19. The van der Waals surface area contributed by atoms with Crippen molar-refractivity contribution in [3.8, 4) is 22.1 Å². The van der Waals surface area contributed by atoms with E-state index in [1.54, 1.807) is 5.38 Å². The van der Waals surface area contributed by atoms with Crippen molar-refractivity contribution >= 4 is 29.2 Å². The number of hydrogen-bond donors (Lipinski definition) is 2. The van der Waals surface area contributed by atoms with Crippen LogP contribution in [0.3, 0.4) is 0 Å². The number of thiazole rings is 1. The molecule has 2 N–H and O–H groups in total. The predicted octanol–water partition coefficient (Wildman–Crippen LogP) is 3.53. The molecule has 1 heterocycles. The number of carbonyl (C=O) groups excluding carboxylic acids is 3. The Morgan fingerprint density at radius 1 is 1.06 bits per heavy atom. The van der Waals surface area contributed by atoms with Crippen LogP contribution < -0.4 is 15.4 Å². The highest BCUT2D eigenvalue weighted by Crippen LogP contribution is 2.29. The molecule has 3 aromatic rings. The molecule has 0 aliphatic rings. The molecule has 0 saturated heterocycles. The van der Waals surface area contributed by atoms with E-state index in [0.29, 0.717) is 11.4 Å². The van der Waals surface area contributed by atoms with E-state index in [9.17, 15) is 14.4 Å². The van der Waals surface area contributed by atoms with Crippen molar-refractivity contribution in [1.29, 1.82) is 0 Å². The average Bonchev–Trinajstić information content (AvgIpc) is 3.22. The molecule has 0 bridgehead atoms. The Morgan fingerprint density at radius 2 is 1.81 bits per heavy atom. The third-order valence-corrected chi connectivity index (χ3v) is 5.02. The van der Waals surface area contributed by atoms with Gasteiger partial charge in [-0.05, 0) is 31.2 Å². The van der Waals surface area contributed by atoms with Crippen LogP contribution in [0.1, 0.15) is 12.6 Å². The van der Waals surface area contributed by atoms with Gasteiger partial charge in [-0.15, -0.1) is 11.3 Å². The first kappa shape index (κ1) is 22.0. The molecule has 0 spiro atoms. The zero-order valence-corrected chi connectivity index (χ0v) is 17.8. The lowest BCUT2D eigenvalue weighted by molar-refractivity contribution is -0.153. The van der Waals surface area contributed by atoms with E-state index >= 15 is 0 Å². The summed E-state index contributed by atoms with van der Waals surface area (Å²) < 4.78 is 10.9. The van der Waals surface area contributed by atoms with E-state index in [1.165, 1.54) is 25.3 Å². The zero-order chi connectivity index (χ0) is 22.2. The summed E-state index contributed by atoms with van der Waals surface area (Å²) in [5.41, 5.74) is 1.38. The van der Waals surface area contributed by atoms with Gasteiger partial charge in [0.25, 0.3) is 5.91 Å². The smallest absolute Gasteiger partial charge is 0.321 e. The van der Waals surface area contributed by atoms with Gasteiger partial charge < -0.3 is 14.8 Å². The molecule has 8 nitrogen and oxygen atoms in total. The molecule has 1 aromatic heterocycles. The summed E-state index contributed by atoms with van der Waals surface area (Å²) in [4.78, 5) is 39.6. The molecule has 1 unspecified atom stereocenters. The Kier molecular flexibility index (Phi) is 7.34. The maximum atomic E-state index is 12.1. The standard InChI is InChI=1S/C22H21N3O5S/c1-14(20(27)25-22(28)23-2)29-19(26)12-16-13-31-21(24-16)15-7-6-10-18(11-15)30-17-8-4-3-5-9-17/h3-11,13-14H,12H2,1-2H3,(H2,23,25,27,28). The monoisotopic (exact) mass is 439 g/mol. The maximum absolute atomic E-state index is 12.1. The number of imide groups is 1. The van der Waals surface area contributed by atoms with Crippen molar-refractivity contribution in [3.05, 3.63) is 65.7 Å². The number of nitrogens with zero attached hydrogens (tertiary/aromatic N) is 1. The van der Waals surface area contributed by atoms with Gasteiger partial charge in [0.15, 0.2) is 6.10 Å². The van der Waals surface area contributed by atoms with Crippen molar-refractivity contribution in [2.45, 2.75) is 19.4 Å². The number of urea groups is 1. The molecule has 31 heavy (non-hydrogen) atoms. The fraction of sp³-hybridized carbons (Fsp3) is 0.182. The Labute approximate surface area is 183 Å². The van der Waals surface area contributed by atoms with Gasteiger partial charge >= 0.3 is 12.0 Å². The van der Waals surface area contributed by atoms with Gasteiger partial charge in [0.1, 0.15) is 16.5 Å². The number of aromatic nitrogens is 1.